The molecule has 6 nitrogen and oxygen atoms in total. The van der Waals surface area contributed by atoms with E-state index in [1.165, 1.54) is 6.20 Å². The molecular formula is C12H14FN5O. The lowest BCUT2D eigenvalue weighted by atomic mass is 10.2. The monoisotopic (exact) mass is 263 g/mol. The summed E-state index contributed by atoms with van der Waals surface area (Å²) in [5, 5.41) is 6.68. The van der Waals surface area contributed by atoms with Gasteiger partial charge in [0.15, 0.2) is 0 Å². The van der Waals surface area contributed by atoms with Gasteiger partial charge in [0.05, 0.1) is 23.6 Å². The Morgan fingerprint density at radius 3 is 2.84 bits per heavy atom. The van der Waals surface area contributed by atoms with E-state index in [1.807, 2.05) is 13.8 Å². The van der Waals surface area contributed by atoms with Crippen LogP contribution in [0.3, 0.4) is 0 Å². The van der Waals surface area contributed by atoms with Gasteiger partial charge in [-0.1, -0.05) is 0 Å². The number of hydrogen-bond acceptors (Lipinski definition) is 4. The molecule has 2 heterocycles. The minimum absolute atomic E-state index is 0.00250. The molecule has 0 aliphatic carbocycles. The van der Waals surface area contributed by atoms with Gasteiger partial charge in [-0.15, -0.1) is 0 Å². The maximum Gasteiger partial charge on any atom is 0.259 e. The lowest BCUT2D eigenvalue weighted by Crippen LogP contribution is -2.15. The van der Waals surface area contributed by atoms with Crippen molar-refractivity contribution < 1.29 is 9.18 Å². The molecule has 7 heteroatoms. The zero-order chi connectivity index (χ0) is 14.0. The fraction of sp³-hybridized carbons (Fsp3) is 0.250. The van der Waals surface area contributed by atoms with Gasteiger partial charge in [-0.05, 0) is 19.9 Å². The summed E-state index contributed by atoms with van der Waals surface area (Å²) in [6.45, 7) is 3.93. The van der Waals surface area contributed by atoms with E-state index in [1.54, 1.807) is 10.9 Å². The molecule has 100 valence electrons. The second-order valence-electron chi connectivity index (χ2n) is 4.34. The molecule has 0 spiro atoms. The maximum atomic E-state index is 13.0. The number of nitrogens with one attached hydrogen (secondary N) is 1. The summed E-state index contributed by atoms with van der Waals surface area (Å²) < 4.78 is 14.7. The SMILES string of the molecule is CC(C)n1cc(NC(=O)c2cc(F)cnc2N)cn1. The first kappa shape index (κ1) is 13.0. The highest BCUT2D eigenvalue weighted by Gasteiger charge is 2.13. The van der Waals surface area contributed by atoms with E-state index in [9.17, 15) is 9.18 Å². The van der Waals surface area contributed by atoms with Gasteiger partial charge < -0.3 is 11.1 Å². The van der Waals surface area contributed by atoms with Crippen LogP contribution in [-0.4, -0.2) is 20.7 Å². The number of carbonyl (C=O) groups is 1. The Morgan fingerprint density at radius 1 is 1.47 bits per heavy atom. The van der Waals surface area contributed by atoms with Crippen molar-refractivity contribution in [2.75, 3.05) is 11.1 Å². The topological polar surface area (TPSA) is 85.8 Å². The van der Waals surface area contributed by atoms with Gasteiger partial charge in [0, 0.05) is 12.2 Å². The second-order valence-corrected chi connectivity index (χ2v) is 4.34. The average molecular weight is 263 g/mol. The third kappa shape index (κ3) is 2.87. The van der Waals surface area contributed by atoms with E-state index in [2.05, 4.69) is 15.4 Å². The van der Waals surface area contributed by atoms with E-state index < -0.39 is 11.7 Å². The van der Waals surface area contributed by atoms with Gasteiger partial charge in [-0.25, -0.2) is 9.37 Å². The molecule has 0 atom stereocenters. The number of amides is 1. The summed E-state index contributed by atoms with van der Waals surface area (Å²) in [6, 6.07) is 1.23. The van der Waals surface area contributed by atoms with Crippen LogP contribution < -0.4 is 11.1 Å². The molecule has 3 N–H and O–H groups in total. The molecule has 0 saturated carbocycles. The number of nitrogen functional groups attached to an aromatic ring is 1. The molecule has 2 aromatic rings. The van der Waals surface area contributed by atoms with Crippen LogP contribution >= 0.6 is 0 Å². The molecule has 0 aromatic carbocycles. The minimum atomic E-state index is -0.614. The summed E-state index contributed by atoms with van der Waals surface area (Å²) in [7, 11) is 0. The molecule has 0 fully saturated rings. The maximum absolute atomic E-state index is 13.0. The number of nitrogens with two attached hydrogens (primary N) is 1. The largest absolute Gasteiger partial charge is 0.383 e. The third-order valence-electron chi connectivity index (χ3n) is 2.52. The number of nitrogens with zero attached hydrogens (tertiary/aromatic N) is 3. The highest BCUT2D eigenvalue weighted by atomic mass is 19.1. The number of anilines is 2. The highest BCUT2D eigenvalue weighted by Crippen LogP contribution is 2.14. The summed E-state index contributed by atoms with van der Waals surface area (Å²) in [5.41, 5.74) is 6.05. The summed E-state index contributed by atoms with van der Waals surface area (Å²) in [4.78, 5) is 15.5. The highest BCUT2D eigenvalue weighted by molar-refractivity contribution is 6.07. The molecule has 2 aromatic heterocycles. The van der Waals surface area contributed by atoms with E-state index in [0.717, 1.165) is 12.3 Å². The Labute approximate surface area is 109 Å². The molecule has 0 radical (unpaired) electrons. The number of hydrogen-bond donors (Lipinski definition) is 2. The first-order valence-corrected chi connectivity index (χ1v) is 5.74. The summed E-state index contributed by atoms with van der Waals surface area (Å²) in [5.74, 6) is -1.15. The van der Waals surface area contributed by atoms with Crippen LogP contribution in [0.5, 0.6) is 0 Å². The van der Waals surface area contributed by atoms with E-state index in [0.29, 0.717) is 5.69 Å². The van der Waals surface area contributed by atoms with Gasteiger partial charge in [-0.2, -0.15) is 5.10 Å². The van der Waals surface area contributed by atoms with Crippen molar-refractivity contribution in [2.45, 2.75) is 19.9 Å². The molecular weight excluding hydrogens is 249 g/mol. The molecule has 0 aliphatic heterocycles. The van der Waals surface area contributed by atoms with Crippen molar-refractivity contribution in [3.63, 3.8) is 0 Å². The second kappa shape index (κ2) is 5.05. The zero-order valence-corrected chi connectivity index (χ0v) is 10.6. The fourth-order valence-electron chi connectivity index (χ4n) is 1.52. The fourth-order valence-corrected chi connectivity index (χ4v) is 1.52. The zero-order valence-electron chi connectivity index (χ0n) is 10.6. The smallest absolute Gasteiger partial charge is 0.259 e. The Bertz CT molecular complexity index is 608. The number of carbonyl (C=O) groups excluding carboxylic acids is 1. The Morgan fingerprint density at radius 2 is 2.21 bits per heavy atom. The van der Waals surface area contributed by atoms with Crippen molar-refractivity contribution in [3.8, 4) is 0 Å². The standard InChI is InChI=1S/C12H14FN5O/c1-7(2)18-6-9(5-16-18)17-12(19)10-3-8(13)4-15-11(10)14/h3-7H,1-2H3,(H2,14,15)(H,17,19). The normalized spacial score (nSPS) is 10.7. The Balaban J connectivity index is 2.18. The molecule has 0 unspecified atom stereocenters. The van der Waals surface area contributed by atoms with Gasteiger partial charge in [0.25, 0.3) is 5.91 Å². The molecule has 0 aliphatic rings. The van der Waals surface area contributed by atoms with Crippen molar-refractivity contribution in [2.24, 2.45) is 0 Å². The Kier molecular flexibility index (Phi) is 3.46. The van der Waals surface area contributed by atoms with Crippen molar-refractivity contribution in [3.05, 3.63) is 36.0 Å². The van der Waals surface area contributed by atoms with Crippen LogP contribution in [0.1, 0.15) is 30.2 Å². The van der Waals surface area contributed by atoms with Crippen LogP contribution in [0, 0.1) is 5.82 Å². The van der Waals surface area contributed by atoms with Gasteiger partial charge in [0.2, 0.25) is 0 Å². The van der Waals surface area contributed by atoms with Crippen molar-refractivity contribution >= 4 is 17.4 Å². The van der Waals surface area contributed by atoms with Crippen LogP contribution in [0.4, 0.5) is 15.9 Å². The lowest BCUT2D eigenvalue weighted by molar-refractivity contribution is 0.102. The van der Waals surface area contributed by atoms with Crippen LogP contribution in [0.15, 0.2) is 24.7 Å². The van der Waals surface area contributed by atoms with Crippen LogP contribution in [-0.2, 0) is 0 Å². The van der Waals surface area contributed by atoms with Crippen molar-refractivity contribution in [1.82, 2.24) is 14.8 Å². The van der Waals surface area contributed by atoms with Crippen LogP contribution in [0.25, 0.3) is 0 Å². The van der Waals surface area contributed by atoms with Gasteiger partial charge in [0.1, 0.15) is 11.6 Å². The number of pyridine rings is 1. The van der Waals surface area contributed by atoms with E-state index in [-0.39, 0.29) is 17.4 Å². The molecule has 19 heavy (non-hydrogen) atoms. The first-order chi connectivity index (χ1) is 8.97. The predicted octanol–water partition coefficient (Wildman–Crippen LogP) is 1.83. The number of halogens is 1. The van der Waals surface area contributed by atoms with Crippen molar-refractivity contribution in [1.29, 1.82) is 0 Å². The minimum Gasteiger partial charge on any atom is -0.383 e. The molecule has 0 saturated heterocycles. The predicted molar refractivity (Wildman–Crippen MR) is 69.2 cm³/mol. The molecule has 1 amide bonds. The number of aromatic nitrogens is 3. The average Bonchev–Trinajstić information content (AvgIpc) is 2.80. The summed E-state index contributed by atoms with van der Waals surface area (Å²) in [6.07, 6.45) is 4.16. The number of rotatable bonds is 3. The Hall–Kier alpha value is -2.44. The molecule has 2 rings (SSSR count). The quantitative estimate of drug-likeness (QED) is 0.884. The third-order valence-corrected chi connectivity index (χ3v) is 2.52. The molecule has 0 bridgehead atoms. The van der Waals surface area contributed by atoms with E-state index >= 15 is 0 Å². The van der Waals surface area contributed by atoms with Crippen LogP contribution in [0.2, 0.25) is 0 Å². The first-order valence-electron chi connectivity index (χ1n) is 5.74. The lowest BCUT2D eigenvalue weighted by Gasteiger charge is -2.05. The summed E-state index contributed by atoms with van der Waals surface area (Å²) >= 11 is 0. The van der Waals surface area contributed by atoms with Gasteiger partial charge in [-0.3, -0.25) is 9.48 Å². The van der Waals surface area contributed by atoms with Gasteiger partial charge >= 0.3 is 0 Å². The van der Waals surface area contributed by atoms with E-state index in [4.69, 9.17) is 5.73 Å².